The average molecular weight is 452 g/mol. The predicted octanol–water partition coefficient (Wildman–Crippen LogP) is 7.00. The van der Waals surface area contributed by atoms with Gasteiger partial charge in [-0.25, -0.2) is 0 Å². The van der Waals surface area contributed by atoms with E-state index in [0.717, 1.165) is 32.1 Å². The highest BCUT2D eigenvalue weighted by atomic mass is 16.3. The molecule has 4 heteroatoms. The summed E-state index contributed by atoms with van der Waals surface area (Å²) < 4.78 is 0. The summed E-state index contributed by atoms with van der Waals surface area (Å²) in [4.78, 5) is 12.1. The van der Waals surface area contributed by atoms with E-state index in [1.165, 1.54) is 77.0 Å². The minimum Gasteiger partial charge on any atom is -0.394 e. The summed E-state index contributed by atoms with van der Waals surface area (Å²) >= 11 is 0. The number of unbranched alkanes of at least 4 members (excludes halogenated alkanes) is 14. The Labute approximate surface area is 199 Å². The van der Waals surface area contributed by atoms with Crippen LogP contribution in [0.25, 0.3) is 0 Å². The van der Waals surface area contributed by atoms with Gasteiger partial charge in [0.25, 0.3) is 0 Å². The standard InChI is InChI=1S/C28H53NO3/c1-3-5-7-9-11-13-15-17-19-21-23-27(31)26(25-30)29-28(32)24-22-20-18-16-14-12-10-8-6-4-2/h13,15,21,23,26-27,30-31H,3-12,14,16-20,22,24-25H2,1-2H3,(H,29,32)/b15-13+,23-21+. The second-order valence-corrected chi connectivity index (χ2v) is 9.11. The number of allylic oxidation sites excluding steroid dienone is 3. The molecule has 0 aliphatic heterocycles. The molecule has 0 spiro atoms. The quantitative estimate of drug-likeness (QED) is 0.116. The first-order valence-corrected chi connectivity index (χ1v) is 13.6. The van der Waals surface area contributed by atoms with Crippen LogP contribution in [0.4, 0.5) is 0 Å². The molecule has 0 heterocycles. The lowest BCUT2D eigenvalue weighted by atomic mass is 10.1. The summed E-state index contributed by atoms with van der Waals surface area (Å²) in [6, 6.07) is -0.629. The first kappa shape index (κ1) is 30.9. The van der Waals surface area contributed by atoms with Crippen molar-refractivity contribution in [2.24, 2.45) is 0 Å². The smallest absolute Gasteiger partial charge is 0.220 e. The first-order chi connectivity index (χ1) is 15.7. The molecule has 0 rings (SSSR count). The van der Waals surface area contributed by atoms with E-state index in [4.69, 9.17) is 0 Å². The Morgan fingerprint density at radius 1 is 0.719 bits per heavy atom. The Morgan fingerprint density at radius 2 is 1.22 bits per heavy atom. The van der Waals surface area contributed by atoms with Gasteiger partial charge in [0.2, 0.25) is 5.91 Å². The minimum atomic E-state index is -0.852. The minimum absolute atomic E-state index is 0.0814. The zero-order valence-corrected chi connectivity index (χ0v) is 21.2. The van der Waals surface area contributed by atoms with Crippen LogP contribution in [-0.4, -0.2) is 34.9 Å². The fourth-order valence-electron chi connectivity index (χ4n) is 3.78. The number of aliphatic hydroxyl groups excluding tert-OH is 2. The molecule has 4 nitrogen and oxygen atoms in total. The van der Waals surface area contributed by atoms with Crippen LogP contribution in [0.2, 0.25) is 0 Å². The predicted molar refractivity (Wildman–Crippen MR) is 138 cm³/mol. The molecule has 0 fully saturated rings. The van der Waals surface area contributed by atoms with E-state index in [1.807, 2.05) is 6.08 Å². The van der Waals surface area contributed by atoms with E-state index >= 15 is 0 Å². The molecule has 32 heavy (non-hydrogen) atoms. The molecule has 1 amide bonds. The van der Waals surface area contributed by atoms with Gasteiger partial charge in [0, 0.05) is 6.42 Å². The van der Waals surface area contributed by atoms with E-state index in [-0.39, 0.29) is 12.5 Å². The van der Waals surface area contributed by atoms with Gasteiger partial charge in [-0.15, -0.1) is 0 Å². The van der Waals surface area contributed by atoms with Gasteiger partial charge < -0.3 is 15.5 Å². The Hall–Kier alpha value is -1.13. The molecule has 188 valence electrons. The normalized spacial score (nSPS) is 13.8. The average Bonchev–Trinajstić information content (AvgIpc) is 2.79. The van der Waals surface area contributed by atoms with Gasteiger partial charge in [-0.3, -0.25) is 4.79 Å². The van der Waals surface area contributed by atoms with Crippen LogP contribution in [-0.2, 0) is 4.79 Å². The highest BCUT2D eigenvalue weighted by molar-refractivity contribution is 5.76. The topological polar surface area (TPSA) is 69.6 Å². The van der Waals surface area contributed by atoms with Crippen molar-refractivity contribution in [1.82, 2.24) is 5.32 Å². The van der Waals surface area contributed by atoms with Crippen molar-refractivity contribution in [3.8, 4) is 0 Å². The zero-order chi connectivity index (χ0) is 23.7. The second-order valence-electron chi connectivity index (χ2n) is 9.11. The highest BCUT2D eigenvalue weighted by Crippen LogP contribution is 2.11. The van der Waals surface area contributed by atoms with Crippen molar-refractivity contribution in [2.75, 3.05) is 6.61 Å². The third-order valence-corrected chi connectivity index (χ3v) is 5.94. The van der Waals surface area contributed by atoms with E-state index in [9.17, 15) is 15.0 Å². The van der Waals surface area contributed by atoms with E-state index in [1.54, 1.807) is 6.08 Å². The Kier molecular flexibility index (Phi) is 23.6. The van der Waals surface area contributed by atoms with Crippen molar-refractivity contribution in [2.45, 2.75) is 142 Å². The van der Waals surface area contributed by atoms with Crippen molar-refractivity contribution in [1.29, 1.82) is 0 Å². The number of carbonyl (C=O) groups is 1. The number of nitrogens with one attached hydrogen (secondary N) is 1. The van der Waals surface area contributed by atoms with Crippen LogP contribution in [0.15, 0.2) is 24.3 Å². The summed E-state index contributed by atoms with van der Waals surface area (Å²) in [5, 5.41) is 22.6. The Balaban J connectivity index is 3.79. The number of amides is 1. The van der Waals surface area contributed by atoms with Gasteiger partial charge in [-0.1, -0.05) is 115 Å². The molecule has 0 aromatic heterocycles. The largest absolute Gasteiger partial charge is 0.394 e. The fourth-order valence-corrected chi connectivity index (χ4v) is 3.78. The second kappa shape index (κ2) is 24.5. The van der Waals surface area contributed by atoms with Crippen LogP contribution < -0.4 is 5.32 Å². The summed E-state index contributed by atoms with van der Waals surface area (Å²) in [5.41, 5.74) is 0. The van der Waals surface area contributed by atoms with Gasteiger partial charge in [-0.2, -0.15) is 0 Å². The molecule has 3 N–H and O–H groups in total. The molecule has 0 aliphatic carbocycles. The van der Waals surface area contributed by atoms with Gasteiger partial charge in [0.05, 0.1) is 18.8 Å². The van der Waals surface area contributed by atoms with E-state index in [2.05, 4.69) is 31.3 Å². The summed E-state index contributed by atoms with van der Waals surface area (Å²) in [6.07, 6.45) is 28.1. The maximum atomic E-state index is 12.1. The van der Waals surface area contributed by atoms with Crippen molar-refractivity contribution in [3.05, 3.63) is 24.3 Å². The number of rotatable bonds is 23. The van der Waals surface area contributed by atoms with Gasteiger partial charge in [0.1, 0.15) is 0 Å². The third kappa shape index (κ3) is 20.8. The van der Waals surface area contributed by atoms with Crippen molar-refractivity contribution < 1.29 is 15.0 Å². The third-order valence-electron chi connectivity index (χ3n) is 5.94. The molecule has 0 aromatic rings. The molecule has 0 saturated heterocycles. The van der Waals surface area contributed by atoms with Gasteiger partial charge in [-0.05, 0) is 32.1 Å². The maximum absolute atomic E-state index is 12.1. The van der Waals surface area contributed by atoms with Crippen LogP contribution in [0, 0.1) is 0 Å². The number of hydrogen-bond donors (Lipinski definition) is 3. The first-order valence-electron chi connectivity index (χ1n) is 13.6. The SMILES string of the molecule is CCCCCC/C=C/CC/C=C/C(O)C(CO)NC(=O)CCCCCCCCCCCC. The molecule has 2 atom stereocenters. The van der Waals surface area contributed by atoms with Crippen LogP contribution in [0.5, 0.6) is 0 Å². The maximum Gasteiger partial charge on any atom is 0.220 e. The van der Waals surface area contributed by atoms with E-state index in [0.29, 0.717) is 6.42 Å². The Bertz CT molecular complexity index is 462. The molecule has 0 bridgehead atoms. The molecular formula is C28H53NO3. The number of aliphatic hydroxyl groups is 2. The molecule has 0 aliphatic rings. The number of carbonyl (C=O) groups excluding carboxylic acids is 1. The van der Waals surface area contributed by atoms with Crippen molar-refractivity contribution in [3.63, 3.8) is 0 Å². The van der Waals surface area contributed by atoms with Crippen LogP contribution in [0.1, 0.15) is 129 Å². The molecule has 0 saturated carbocycles. The Morgan fingerprint density at radius 3 is 1.81 bits per heavy atom. The highest BCUT2D eigenvalue weighted by Gasteiger charge is 2.17. The lowest BCUT2D eigenvalue weighted by Crippen LogP contribution is -2.45. The zero-order valence-electron chi connectivity index (χ0n) is 21.2. The molecule has 0 radical (unpaired) electrons. The summed E-state index contributed by atoms with van der Waals surface area (Å²) in [7, 11) is 0. The van der Waals surface area contributed by atoms with Gasteiger partial charge in [0.15, 0.2) is 0 Å². The monoisotopic (exact) mass is 451 g/mol. The number of hydrogen-bond acceptors (Lipinski definition) is 3. The van der Waals surface area contributed by atoms with Crippen LogP contribution in [0.3, 0.4) is 0 Å². The van der Waals surface area contributed by atoms with Crippen molar-refractivity contribution >= 4 is 5.91 Å². The fraction of sp³-hybridized carbons (Fsp3) is 0.821. The molecular weight excluding hydrogens is 398 g/mol. The lowest BCUT2D eigenvalue weighted by Gasteiger charge is -2.19. The lowest BCUT2D eigenvalue weighted by molar-refractivity contribution is -0.123. The summed E-state index contributed by atoms with van der Waals surface area (Å²) in [5.74, 6) is -0.0814. The van der Waals surface area contributed by atoms with Crippen LogP contribution >= 0.6 is 0 Å². The van der Waals surface area contributed by atoms with E-state index < -0.39 is 12.1 Å². The van der Waals surface area contributed by atoms with Gasteiger partial charge >= 0.3 is 0 Å². The molecule has 2 unspecified atom stereocenters. The summed E-state index contributed by atoms with van der Waals surface area (Å²) in [6.45, 7) is 4.21. The molecule has 0 aromatic carbocycles.